The van der Waals surface area contributed by atoms with Gasteiger partial charge in [0.05, 0.1) is 16.0 Å². The van der Waals surface area contributed by atoms with Crippen molar-refractivity contribution in [3.8, 4) is 5.75 Å². The van der Waals surface area contributed by atoms with Crippen molar-refractivity contribution in [1.82, 2.24) is 5.32 Å². The second kappa shape index (κ2) is 7.67. The minimum atomic E-state index is -3.78. The fourth-order valence-electron chi connectivity index (χ4n) is 3.53. The third-order valence-electron chi connectivity index (χ3n) is 5.12. The number of aromatic hydroxyl groups is 1. The molecule has 1 aromatic carbocycles. The molecule has 0 saturated heterocycles. The number of carbonyl (C=O) groups excluding carboxylic acids is 1. The average Bonchev–Trinajstić information content (AvgIpc) is 2.98. The highest BCUT2D eigenvalue weighted by Crippen LogP contribution is 2.39. The molecule has 3 rings (SSSR count). The van der Waals surface area contributed by atoms with Crippen LogP contribution in [-0.2, 0) is 14.6 Å². The maximum atomic E-state index is 12.5. The van der Waals surface area contributed by atoms with E-state index in [1.807, 2.05) is 0 Å². The highest BCUT2D eigenvalue weighted by atomic mass is 35.5. The van der Waals surface area contributed by atoms with E-state index >= 15 is 0 Å². The molecule has 2 aliphatic rings. The van der Waals surface area contributed by atoms with E-state index in [1.54, 1.807) is 0 Å². The molecule has 0 aromatic heterocycles. The number of guanidine groups is 1. The van der Waals surface area contributed by atoms with Gasteiger partial charge >= 0.3 is 0 Å². The summed E-state index contributed by atoms with van der Waals surface area (Å²) < 4.78 is 25.0. The van der Waals surface area contributed by atoms with Crippen LogP contribution in [0.15, 0.2) is 22.0 Å². The molecule has 1 fully saturated rings. The number of halogens is 1. The van der Waals surface area contributed by atoms with Gasteiger partial charge in [0.25, 0.3) is 5.91 Å². The fourth-order valence-corrected chi connectivity index (χ4v) is 5.20. The minimum absolute atomic E-state index is 0.0516. The zero-order chi connectivity index (χ0) is 19.8. The second-order valence-electron chi connectivity index (χ2n) is 7.30. The lowest BCUT2D eigenvalue weighted by atomic mass is 9.84. The number of benzene rings is 1. The number of hydrogen-bond donors (Lipinski definition) is 3. The van der Waals surface area contributed by atoms with Gasteiger partial charge in [-0.1, -0.05) is 30.9 Å². The van der Waals surface area contributed by atoms with E-state index in [9.17, 15) is 18.3 Å². The van der Waals surface area contributed by atoms with Crippen molar-refractivity contribution >= 4 is 39.0 Å². The van der Waals surface area contributed by atoms with Crippen LogP contribution in [0.5, 0.6) is 5.75 Å². The molecule has 7 nitrogen and oxygen atoms in total. The molecular weight excluding hydrogens is 390 g/mol. The number of nitrogens with zero attached hydrogens (tertiary/aromatic N) is 1. The number of hydrogen-bond acceptors (Lipinski definition) is 6. The molecule has 27 heavy (non-hydrogen) atoms. The number of rotatable bonds is 4. The molecule has 0 unspecified atom stereocenters. The Labute approximate surface area is 164 Å². The van der Waals surface area contributed by atoms with Crippen LogP contribution in [0.4, 0.5) is 5.69 Å². The molecule has 1 aliphatic heterocycles. The van der Waals surface area contributed by atoms with Gasteiger partial charge in [0, 0.05) is 0 Å². The van der Waals surface area contributed by atoms with E-state index in [0.717, 1.165) is 25.7 Å². The number of nitrogens with one attached hydrogen (secondary N) is 2. The Morgan fingerprint density at radius 1 is 1.26 bits per heavy atom. The van der Waals surface area contributed by atoms with Crippen LogP contribution in [0.2, 0.25) is 5.02 Å². The van der Waals surface area contributed by atoms with Crippen LogP contribution in [0.1, 0.15) is 46.0 Å². The number of anilines is 1. The summed E-state index contributed by atoms with van der Waals surface area (Å²) in [6.07, 6.45) is 5.32. The number of aliphatic imine (C=N–C) groups is 1. The molecule has 1 heterocycles. The van der Waals surface area contributed by atoms with Crippen molar-refractivity contribution < 1.29 is 18.3 Å². The lowest BCUT2D eigenvalue weighted by Crippen LogP contribution is -2.35. The normalized spacial score (nSPS) is 21.3. The molecule has 0 radical (unpaired) electrons. The number of sulfone groups is 1. The fraction of sp³-hybridized carbons (Fsp3) is 0.556. The molecule has 1 aliphatic carbocycles. The highest BCUT2D eigenvalue weighted by molar-refractivity contribution is 7.92. The average molecular weight is 414 g/mol. The first kappa shape index (κ1) is 19.9. The lowest BCUT2D eigenvalue weighted by Gasteiger charge is -2.23. The maximum absolute atomic E-state index is 12.5. The summed E-state index contributed by atoms with van der Waals surface area (Å²) >= 11 is 6.03. The van der Waals surface area contributed by atoms with Crippen molar-refractivity contribution in [3.63, 3.8) is 0 Å². The second-order valence-corrected chi connectivity index (χ2v) is 10.1. The smallest absolute Gasteiger partial charge is 0.251 e. The standard InChI is InChI=1S/C18H24ClN3O4S/c1-10(2)27(25,26)16-12(19)8-9-13(15(16)23)20-18-21-14(17(24)22-18)11-6-4-3-5-7-11/h8-11,14,23H,3-7H2,1-2H3,(H2,20,21,22,24)/t14-/m0/s1. The Bertz CT molecular complexity index is 877. The largest absolute Gasteiger partial charge is 0.504 e. The van der Waals surface area contributed by atoms with Gasteiger partial charge in [0.15, 0.2) is 15.6 Å². The van der Waals surface area contributed by atoms with Gasteiger partial charge in [-0.15, -0.1) is 0 Å². The molecule has 1 amide bonds. The lowest BCUT2D eigenvalue weighted by molar-refractivity contribution is -0.121. The number of phenols is 1. The molecule has 1 aromatic rings. The number of amides is 1. The zero-order valence-electron chi connectivity index (χ0n) is 15.3. The predicted molar refractivity (Wildman–Crippen MR) is 105 cm³/mol. The van der Waals surface area contributed by atoms with Gasteiger partial charge in [-0.05, 0) is 44.7 Å². The van der Waals surface area contributed by atoms with Gasteiger partial charge in [-0.2, -0.15) is 0 Å². The van der Waals surface area contributed by atoms with Gasteiger partial charge < -0.3 is 10.4 Å². The first-order valence-corrected chi connectivity index (χ1v) is 11.0. The number of carbonyl (C=O) groups is 1. The summed E-state index contributed by atoms with van der Waals surface area (Å²) in [6.45, 7) is 3.03. The van der Waals surface area contributed by atoms with E-state index in [4.69, 9.17) is 11.6 Å². The highest BCUT2D eigenvalue weighted by Gasteiger charge is 2.35. The van der Waals surface area contributed by atoms with E-state index in [-0.39, 0.29) is 33.4 Å². The number of phenolic OH excluding ortho intramolecular Hbond substituents is 1. The third-order valence-corrected chi connectivity index (χ3v) is 7.77. The van der Waals surface area contributed by atoms with Crippen LogP contribution in [-0.4, -0.2) is 36.7 Å². The van der Waals surface area contributed by atoms with Crippen molar-refractivity contribution in [1.29, 1.82) is 0 Å². The Kier molecular flexibility index (Phi) is 5.67. The summed E-state index contributed by atoms with van der Waals surface area (Å²) in [7, 11) is -3.78. The molecule has 0 spiro atoms. The molecule has 0 bridgehead atoms. The quantitative estimate of drug-likeness (QED) is 0.657. The Morgan fingerprint density at radius 2 is 1.93 bits per heavy atom. The Balaban J connectivity index is 1.87. The molecule has 1 atom stereocenters. The van der Waals surface area contributed by atoms with Crippen LogP contribution in [0.25, 0.3) is 0 Å². The molecule has 148 valence electrons. The van der Waals surface area contributed by atoms with Crippen LogP contribution >= 0.6 is 11.6 Å². The van der Waals surface area contributed by atoms with Crippen LogP contribution in [0.3, 0.4) is 0 Å². The van der Waals surface area contributed by atoms with E-state index in [1.165, 1.54) is 32.4 Å². The predicted octanol–water partition coefficient (Wildman–Crippen LogP) is 3.07. The summed E-state index contributed by atoms with van der Waals surface area (Å²) in [5.41, 5.74) is 0.127. The topological polar surface area (TPSA) is 108 Å². The molecular formula is C18H24ClN3O4S. The van der Waals surface area contributed by atoms with Gasteiger partial charge in [0.2, 0.25) is 5.96 Å². The van der Waals surface area contributed by atoms with Crippen molar-refractivity contribution in [2.45, 2.75) is 62.1 Å². The SMILES string of the molecule is CC(C)S(=O)(=O)c1c(Cl)ccc(NC2=N[C@@H](C3CCCCC3)C(=O)N2)c1O. The maximum Gasteiger partial charge on any atom is 0.251 e. The van der Waals surface area contributed by atoms with Crippen molar-refractivity contribution in [2.24, 2.45) is 10.9 Å². The summed E-state index contributed by atoms with van der Waals surface area (Å²) in [6, 6.07) is 2.41. The van der Waals surface area contributed by atoms with Gasteiger partial charge in [-0.3, -0.25) is 10.1 Å². The molecule has 1 saturated carbocycles. The van der Waals surface area contributed by atoms with Crippen LogP contribution in [0, 0.1) is 5.92 Å². The van der Waals surface area contributed by atoms with E-state index in [0.29, 0.717) is 0 Å². The molecule has 3 N–H and O–H groups in total. The van der Waals surface area contributed by atoms with E-state index in [2.05, 4.69) is 15.6 Å². The summed E-state index contributed by atoms with van der Waals surface area (Å²) in [5, 5.41) is 15.2. The van der Waals surface area contributed by atoms with Crippen LogP contribution < -0.4 is 10.6 Å². The first-order chi connectivity index (χ1) is 12.7. The zero-order valence-corrected chi connectivity index (χ0v) is 16.9. The Morgan fingerprint density at radius 3 is 2.56 bits per heavy atom. The van der Waals surface area contributed by atoms with Crippen molar-refractivity contribution in [3.05, 3.63) is 17.2 Å². The van der Waals surface area contributed by atoms with Gasteiger partial charge in [0.1, 0.15) is 10.9 Å². The third kappa shape index (κ3) is 3.91. The minimum Gasteiger partial charge on any atom is -0.504 e. The Hall–Kier alpha value is -1.80. The molecule has 9 heteroatoms. The first-order valence-electron chi connectivity index (χ1n) is 9.13. The van der Waals surface area contributed by atoms with E-state index < -0.39 is 26.9 Å². The summed E-state index contributed by atoms with van der Waals surface area (Å²) in [4.78, 5) is 16.4. The monoisotopic (exact) mass is 413 g/mol. The van der Waals surface area contributed by atoms with Crippen molar-refractivity contribution in [2.75, 3.05) is 5.32 Å². The summed E-state index contributed by atoms with van der Waals surface area (Å²) in [5.74, 6) is -0.225. The van der Waals surface area contributed by atoms with Gasteiger partial charge in [-0.25, -0.2) is 13.4 Å².